The summed E-state index contributed by atoms with van der Waals surface area (Å²) >= 11 is 1.14. The van der Waals surface area contributed by atoms with Gasteiger partial charge < -0.3 is 4.90 Å². The van der Waals surface area contributed by atoms with Crippen LogP contribution in [0.15, 0.2) is 24.3 Å². The van der Waals surface area contributed by atoms with Gasteiger partial charge >= 0.3 is 0 Å². The topological polar surface area (TPSA) is 83.6 Å². The van der Waals surface area contributed by atoms with Gasteiger partial charge in [-0.25, -0.2) is 8.42 Å². The van der Waals surface area contributed by atoms with E-state index in [0.717, 1.165) is 18.0 Å². The molecule has 1 heterocycles. The Bertz CT molecular complexity index is 673. The summed E-state index contributed by atoms with van der Waals surface area (Å²) in [5.41, 5.74) is 0.876. The molecule has 2 rings (SSSR count). The maximum absolute atomic E-state index is 12.1. The molecule has 0 aromatic heterocycles. The zero-order valence-corrected chi connectivity index (χ0v) is 13.3. The van der Waals surface area contributed by atoms with E-state index in [1.54, 1.807) is 24.3 Å². The van der Waals surface area contributed by atoms with Crippen molar-refractivity contribution in [1.29, 1.82) is 0 Å². The molecule has 1 aromatic rings. The molecule has 6 nitrogen and oxygen atoms in total. The van der Waals surface area contributed by atoms with Gasteiger partial charge in [-0.2, -0.15) is 0 Å². The third-order valence-corrected chi connectivity index (χ3v) is 4.48. The zero-order chi connectivity index (χ0) is 15.6. The molecule has 1 fully saturated rings. The van der Waals surface area contributed by atoms with Crippen molar-refractivity contribution >= 4 is 44.2 Å². The summed E-state index contributed by atoms with van der Waals surface area (Å²) < 4.78 is 25.2. The molecule has 21 heavy (non-hydrogen) atoms. The molecule has 8 heteroatoms. The largest absolute Gasteiger partial charge is 0.309 e. The molecule has 114 valence electrons. The molecule has 0 saturated carbocycles. The number of nitrogens with zero attached hydrogens (tertiary/aromatic N) is 1. The van der Waals surface area contributed by atoms with E-state index in [0.29, 0.717) is 17.9 Å². The van der Waals surface area contributed by atoms with E-state index in [-0.39, 0.29) is 22.7 Å². The van der Waals surface area contributed by atoms with E-state index >= 15 is 0 Å². The Morgan fingerprint density at radius 2 is 2.05 bits per heavy atom. The fraction of sp³-hybridized carbons (Fsp3) is 0.385. The molecule has 0 bridgehead atoms. The van der Waals surface area contributed by atoms with Crippen molar-refractivity contribution in [3.05, 3.63) is 24.3 Å². The number of amides is 1. The van der Waals surface area contributed by atoms with E-state index in [9.17, 15) is 18.0 Å². The van der Waals surface area contributed by atoms with Crippen LogP contribution in [-0.2, 0) is 19.6 Å². The smallest absolute Gasteiger partial charge is 0.229 e. The summed E-state index contributed by atoms with van der Waals surface area (Å²) in [6.45, 7) is 1.86. The number of carbonyl (C=O) groups is 2. The minimum Gasteiger partial charge on any atom is -0.309 e. The minimum absolute atomic E-state index is 0.0304. The summed E-state index contributed by atoms with van der Waals surface area (Å²) in [5, 5.41) is -0.126. The number of rotatable bonds is 4. The van der Waals surface area contributed by atoms with Gasteiger partial charge in [0.15, 0.2) is 5.12 Å². The normalized spacial score (nSPS) is 18.9. The van der Waals surface area contributed by atoms with Crippen LogP contribution in [0.3, 0.4) is 0 Å². The van der Waals surface area contributed by atoms with Crippen molar-refractivity contribution in [2.45, 2.75) is 18.6 Å². The molecular formula is C13H16N2O4S2. The van der Waals surface area contributed by atoms with Crippen LogP contribution in [0.1, 0.15) is 13.3 Å². The highest BCUT2D eigenvalue weighted by molar-refractivity contribution is 8.14. The number of thioether (sulfide) groups is 1. The predicted octanol–water partition coefficient (Wildman–Crippen LogP) is 1.44. The highest BCUT2D eigenvalue weighted by Gasteiger charge is 2.33. The molecule has 1 saturated heterocycles. The molecule has 1 amide bonds. The molecule has 1 aliphatic heterocycles. The summed E-state index contributed by atoms with van der Waals surface area (Å²) in [6.07, 6.45) is 1.33. The third kappa shape index (κ3) is 4.21. The Kier molecular flexibility index (Phi) is 4.58. The van der Waals surface area contributed by atoms with Crippen molar-refractivity contribution in [3.8, 4) is 0 Å². The van der Waals surface area contributed by atoms with Gasteiger partial charge in [-0.1, -0.05) is 23.9 Å². The standard InChI is InChI=1S/C13H16N2O4S2/c1-9(16)20-10-7-13(17)15(8-10)12-6-4-3-5-11(12)14-21(2,18)19/h3-6,10,14H,7-8H2,1-2H3. The second-order valence-electron chi connectivity index (χ2n) is 4.83. The number of hydrogen-bond donors (Lipinski definition) is 1. The van der Waals surface area contributed by atoms with Crippen LogP contribution in [0.5, 0.6) is 0 Å². The second-order valence-corrected chi connectivity index (χ2v) is 8.06. The first-order valence-corrected chi connectivity index (χ1v) is 9.08. The van der Waals surface area contributed by atoms with Gasteiger partial charge in [0.2, 0.25) is 15.9 Å². The van der Waals surface area contributed by atoms with Crippen LogP contribution in [0, 0.1) is 0 Å². The van der Waals surface area contributed by atoms with Crippen LogP contribution in [-0.4, -0.2) is 37.5 Å². The lowest BCUT2D eigenvalue weighted by Crippen LogP contribution is -2.26. The quantitative estimate of drug-likeness (QED) is 0.904. The first kappa shape index (κ1) is 15.8. The Balaban J connectivity index is 2.26. The minimum atomic E-state index is -3.43. The number of carbonyl (C=O) groups excluding carboxylic acids is 2. The first-order valence-electron chi connectivity index (χ1n) is 6.30. The summed E-state index contributed by atoms with van der Waals surface area (Å²) in [7, 11) is -3.43. The fourth-order valence-corrected chi connectivity index (χ4v) is 3.71. The number of para-hydroxylation sites is 2. The van der Waals surface area contributed by atoms with Gasteiger partial charge in [0.25, 0.3) is 0 Å². The molecular weight excluding hydrogens is 312 g/mol. The number of anilines is 2. The monoisotopic (exact) mass is 328 g/mol. The van der Waals surface area contributed by atoms with Crippen LogP contribution >= 0.6 is 11.8 Å². The number of sulfonamides is 1. The molecule has 0 spiro atoms. The van der Waals surface area contributed by atoms with Crippen molar-refractivity contribution in [2.75, 3.05) is 22.4 Å². The van der Waals surface area contributed by atoms with Crippen molar-refractivity contribution < 1.29 is 18.0 Å². The van der Waals surface area contributed by atoms with Crippen molar-refractivity contribution in [1.82, 2.24) is 0 Å². The molecule has 0 radical (unpaired) electrons. The van der Waals surface area contributed by atoms with E-state index in [1.165, 1.54) is 11.8 Å². The number of benzene rings is 1. The molecule has 1 aromatic carbocycles. The van der Waals surface area contributed by atoms with Gasteiger partial charge in [0, 0.05) is 25.1 Å². The van der Waals surface area contributed by atoms with E-state index in [2.05, 4.69) is 4.72 Å². The maximum Gasteiger partial charge on any atom is 0.229 e. The summed E-state index contributed by atoms with van der Waals surface area (Å²) in [5.74, 6) is -0.114. The van der Waals surface area contributed by atoms with E-state index < -0.39 is 10.0 Å². The number of hydrogen-bond acceptors (Lipinski definition) is 5. The first-order chi connectivity index (χ1) is 9.76. The highest BCUT2D eigenvalue weighted by atomic mass is 32.2. The molecule has 1 atom stereocenters. The van der Waals surface area contributed by atoms with Gasteiger partial charge in [-0.15, -0.1) is 0 Å². The zero-order valence-electron chi connectivity index (χ0n) is 11.7. The Hall–Kier alpha value is -1.54. The molecule has 0 aliphatic carbocycles. The second kappa shape index (κ2) is 6.07. The molecule has 1 aliphatic rings. The van der Waals surface area contributed by atoms with Gasteiger partial charge in [-0.3, -0.25) is 14.3 Å². The Morgan fingerprint density at radius 1 is 1.38 bits per heavy atom. The van der Waals surface area contributed by atoms with Crippen molar-refractivity contribution in [3.63, 3.8) is 0 Å². The maximum atomic E-state index is 12.1. The predicted molar refractivity (Wildman–Crippen MR) is 83.9 cm³/mol. The SMILES string of the molecule is CC(=O)SC1CC(=O)N(c2ccccc2NS(C)(=O)=O)C1. The lowest BCUT2D eigenvalue weighted by atomic mass is 10.2. The number of nitrogens with one attached hydrogen (secondary N) is 1. The van der Waals surface area contributed by atoms with Crippen LogP contribution in [0.25, 0.3) is 0 Å². The Morgan fingerprint density at radius 3 is 2.67 bits per heavy atom. The van der Waals surface area contributed by atoms with Gasteiger partial charge in [0.1, 0.15) is 0 Å². The third-order valence-electron chi connectivity index (χ3n) is 2.91. The van der Waals surface area contributed by atoms with Gasteiger partial charge in [-0.05, 0) is 12.1 Å². The van der Waals surface area contributed by atoms with E-state index in [4.69, 9.17) is 0 Å². The van der Waals surface area contributed by atoms with Crippen LogP contribution in [0.4, 0.5) is 11.4 Å². The average Bonchev–Trinajstić information content (AvgIpc) is 2.67. The van der Waals surface area contributed by atoms with Crippen LogP contribution in [0.2, 0.25) is 0 Å². The van der Waals surface area contributed by atoms with Crippen LogP contribution < -0.4 is 9.62 Å². The Labute approximate surface area is 127 Å². The summed E-state index contributed by atoms with van der Waals surface area (Å²) in [4.78, 5) is 24.8. The van der Waals surface area contributed by atoms with Gasteiger partial charge in [0.05, 0.1) is 17.6 Å². The molecule has 1 unspecified atom stereocenters. The van der Waals surface area contributed by atoms with E-state index in [1.807, 2.05) is 0 Å². The lowest BCUT2D eigenvalue weighted by Gasteiger charge is -2.20. The van der Waals surface area contributed by atoms with Crippen molar-refractivity contribution in [2.24, 2.45) is 0 Å². The summed E-state index contributed by atoms with van der Waals surface area (Å²) in [6, 6.07) is 6.72. The highest BCUT2D eigenvalue weighted by Crippen LogP contribution is 2.33. The average molecular weight is 328 g/mol. The molecule has 1 N–H and O–H groups in total. The lowest BCUT2D eigenvalue weighted by molar-refractivity contribution is -0.117. The fourth-order valence-electron chi connectivity index (χ4n) is 2.22.